The molecular formula is C10H13N3O3. The number of nitrogen functional groups attached to an aromatic ring is 1. The van der Waals surface area contributed by atoms with Crippen molar-refractivity contribution in [2.75, 3.05) is 12.3 Å². The summed E-state index contributed by atoms with van der Waals surface area (Å²) >= 11 is 0. The minimum atomic E-state index is -0.663. The maximum Gasteiger partial charge on any atom is 0.274 e. The van der Waals surface area contributed by atoms with Crippen molar-refractivity contribution in [3.63, 3.8) is 0 Å². The van der Waals surface area contributed by atoms with E-state index in [1.807, 2.05) is 6.92 Å². The van der Waals surface area contributed by atoms with Crippen LogP contribution in [0.4, 0.5) is 5.69 Å². The van der Waals surface area contributed by atoms with Crippen molar-refractivity contribution < 1.29 is 14.4 Å². The van der Waals surface area contributed by atoms with Gasteiger partial charge in [-0.15, -0.1) is 0 Å². The molecule has 0 radical (unpaired) electrons. The molecule has 0 aliphatic carbocycles. The second-order valence-electron chi connectivity index (χ2n) is 3.26. The first-order chi connectivity index (χ1) is 7.50. The van der Waals surface area contributed by atoms with Crippen molar-refractivity contribution in [3.8, 4) is 0 Å². The molecule has 0 aliphatic heterocycles. The minimum Gasteiger partial charge on any atom is -0.398 e. The van der Waals surface area contributed by atoms with Gasteiger partial charge in [0, 0.05) is 11.3 Å². The molecular weight excluding hydrogens is 210 g/mol. The molecule has 1 aromatic carbocycles. The van der Waals surface area contributed by atoms with Gasteiger partial charge < -0.3 is 11.5 Å². The SMILES string of the molecule is Cc1ccc(C(=O)NOCC(N)=O)cc1N. The van der Waals surface area contributed by atoms with Gasteiger partial charge in [0.25, 0.3) is 5.91 Å². The lowest BCUT2D eigenvalue weighted by atomic mass is 10.1. The zero-order valence-electron chi connectivity index (χ0n) is 8.82. The molecule has 16 heavy (non-hydrogen) atoms. The second kappa shape index (κ2) is 5.13. The number of aryl methyl sites for hydroxylation is 1. The molecule has 1 aromatic rings. The number of nitrogens with one attached hydrogen (secondary N) is 1. The van der Waals surface area contributed by atoms with Crippen LogP contribution in [0, 0.1) is 6.92 Å². The number of amides is 2. The monoisotopic (exact) mass is 223 g/mol. The summed E-state index contributed by atoms with van der Waals surface area (Å²) in [6, 6.07) is 4.85. The lowest BCUT2D eigenvalue weighted by Gasteiger charge is -2.06. The Balaban J connectivity index is 2.59. The fourth-order valence-electron chi connectivity index (χ4n) is 1.01. The highest BCUT2D eigenvalue weighted by Crippen LogP contribution is 2.12. The lowest BCUT2D eigenvalue weighted by Crippen LogP contribution is -2.29. The highest BCUT2D eigenvalue weighted by Gasteiger charge is 2.07. The summed E-state index contributed by atoms with van der Waals surface area (Å²) in [5, 5.41) is 0. The molecule has 2 amide bonds. The molecule has 0 saturated carbocycles. The minimum absolute atomic E-state index is 0.354. The van der Waals surface area contributed by atoms with Crippen molar-refractivity contribution in [3.05, 3.63) is 29.3 Å². The smallest absolute Gasteiger partial charge is 0.274 e. The van der Waals surface area contributed by atoms with Crippen LogP contribution in [0.5, 0.6) is 0 Å². The van der Waals surface area contributed by atoms with Crippen LogP contribution in [0.2, 0.25) is 0 Å². The van der Waals surface area contributed by atoms with E-state index in [1.54, 1.807) is 12.1 Å². The topological polar surface area (TPSA) is 107 Å². The van der Waals surface area contributed by atoms with E-state index in [1.165, 1.54) is 6.07 Å². The average molecular weight is 223 g/mol. The summed E-state index contributed by atoms with van der Waals surface area (Å²) in [6.45, 7) is 1.47. The Morgan fingerprint density at radius 2 is 2.12 bits per heavy atom. The summed E-state index contributed by atoms with van der Waals surface area (Å²) in [6.07, 6.45) is 0. The fourth-order valence-corrected chi connectivity index (χ4v) is 1.01. The van der Waals surface area contributed by atoms with E-state index >= 15 is 0 Å². The largest absolute Gasteiger partial charge is 0.398 e. The molecule has 0 unspecified atom stereocenters. The summed E-state index contributed by atoms with van der Waals surface area (Å²) in [5.74, 6) is -1.14. The van der Waals surface area contributed by atoms with Gasteiger partial charge in [0.15, 0.2) is 6.61 Å². The first kappa shape index (κ1) is 12.0. The van der Waals surface area contributed by atoms with E-state index in [-0.39, 0.29) is 6.61 Å². The molecule has 6 heteroatoms. The van der Waals surface area contributed by atoms with Crippen LogP contribution >= 0.6 is 0 Å². The van der Waals surface area contributed by atoms with Gasteiger partial charge in [-0.3, -0.25) is 14.4 Å². The predicted octanol–water partition coefficient (Wildman–Crippen LogP) is -0.276. The number of carbonyl (C=O) groups excluding carboxylic acids is 2. The third-order valence-electron chi connectivity index (χ3n) is 1.92. The number of nitrogens with two attached hydrogens (primary N) is 2. The van der Waals surface area contributed by atoms with Crippen molar-refractivity contribution in [1.82, 2.24) is 5.48 Å². The van der Waals surface area contributed by atoms with Crippen molar-refractivity contribution in [2.45, 2.75) is 6.92 Å². The number of anilines is 1. The Labute approximate surface area is 92.5 Å². The third-order valence-corrected chi connectivity index (χ3v) is 1.92. The predicted molar refractivity (Wildman–Crippen MR) is 58.2 cm³/mol. The lowest BCUT2D eigenvalue weighted by molar-refractivity contribution is -0.124. The maximum absolute atomic E-state index is 11.4. The van der Waals surface area contributed by atoms with Crippen molar-refractivity contribution in [2.24, 2.45) is 5.73 Å². The quantitative estimate of drug-likeness (QED) is 0.482. The third kappa shape index (κ3) is 3.25. The summed E-state index contributed by atoms with van der Waals surface area (Å²) in [5.41, 5.74) is 14.3. The van der Waals surface area contributed by atoms with E-state index < -0.39 is 11.8 Å². The highest BCUT2D eigenvalue weighted by molar-refractivity contribution is 5.94. The number of hydrogen-bond acceptors (Lipinski definition) is 4. The Kier molecular flexibility index (Phi) is 3.84. The average Bonchev–Trinajstić information content (AvgIpc) is 2.21. The van der Waals surface area contributed by atoms with Gasteiger partial charge in [-0.25, -0.2) is 5.48 Å². The van der Waals surface area contributed by atoms with Gasteiger partial charge in [0.1, 0.15) is 0 Å². The van der Waals surface area contributed by atoms with Crippen LogP contribution in [0.1, 0.15) is 15.9 Å². The number of primary amides is 1. The van der Waals surface area contributed by atoms with Gasteiger partial charge in [0.05, 0.1) is 0 Å². The molecule has 0 bridgehead atoms. The molecule has 0 spiro atoms. The van der Waals surface area contributed by atoms with Crippen LogP contribution in [0.3, 0.4) is 0 Å². The summed E-state index contributed by atoms with van der Waals surface area (Å²) < 4.78 is 0. The van der Waals surface area contributed by atoms with Gasteiger partial charge in [-0.2, -0.15) is 0 Å². The molecule has 0 saturated heterocycles. The Morgan fingerprint density at radius 1 is 1.44 bits per heavy atom. The standard InChI is InChI=1S/C10H13N3O3/c1-6-2-3-7(4-8(6)11)10(15)13-16-5-9(12)14/h2-4H,5,11H2,1H3,(H2,12,14)(H,13,15). The fraction of sp³-hybridized carbons (Fsp3) is 0.200. The zero-order chi connectivity index (χ0) is 12.1. The molecule has 5 N–H and O–H groups in total. The van der Waals surface area contributed by atoms with Gasteiger partial charge >= 0.3 is 0 Å². The highest BCUT2D eigenvalue weighted by atomic mass is 16.7. The van der Waals surface area contributed by atoms with E-state index in [0.29, 0.717) is 11.3 Å². The molecule has 1 rings (SSSR count). The first-order valence-corrected chi connectivity index (χ1v) is 4.57. The van der Waals surface area contributed by atoms with Crippen LogP contribution < -0.4 is 16.9 Å². The van der Waals surface area contributed by atoms with Gasteiger partial charge in [0.2, 0.25) is 5.91 Å². The summed E-state index contributed by atoms with van der Waals surface area (Å²) in [7, 11) is 0. The van der Waals surface area contributed by atoms with E-state index in [4.69, 9.17) is 11.5 Å². The van der Waals surface area contributed by atoms with Crippen LogP contribution in [-0.2, 0) is 9.63 Å². The summed E-state index contributed by atoms with van der Waals surface area (Å²) in [4.78, 5) is 26.4. The molecule has 0 aliphatic rings. The number of hydroxylamine groups is 1. The van der Waals surface area contributed by atoms with E-state index in [9.17, 15) is 9.59 Å². The molecule has 0 fully saturated rings. The number of hydrogen-bond donors (Lipinski definition) is 3. The van der Waals surface area contributed by atoms with Crippen LogP contribution in [-0.4, -0.2) is 18.4 Å². The second-order valence-corrected chi connectivity index (χ2v) is 3.26. The Morgan fingerprint density at radius 3 is 2.69 bits per heavy atom. The number of carbonyl (C=O) groups is 2. The van der Waals surface area contributed by atoms with Gasteiger partial charge in [-0.1, -0.05) is 6.07 Å². The van der Waals surface area contributed by atoms with Crippen molar-refractivity contribution >= 4 is 17.5 Å². The Bertz CT molecular complexity index is 418. The first-order valence-electron chi connectivity index (χ1n) is 4.57. The molecule has 0 aromatic heterocycles. The molecule has 0 heterocycles. The molecule has 6 nitrogen and oxygen atoms in total. The normalized spacial score (nSPS) is 9.81. The Hall–Kier alpha value is -2.08. The van der Waals surface area contributed by atoms with Crippen LogP contribution in [0.15, 0.2) is 18.2 Å². The zero-order valence-corrected chi connectivity index (χ0v) is 8.82. The van der Waals surface area contributed by atoms with E-state index in [0.717, 1.165) is 5.56 Å². The number of rotatable bonds is 4. The molecule has 86 valence electrons. The molecule has 0 atom stereocenters. The van der Waals surface area contributed by atoms with E-state index in [2.05, 4.69) is 10.3 Å². The maximum atomic E-state index is 11.4. The van der Waals surface area contributed by atoms with Crippen molar-refractivity contribution in [1.29, 1.82) is 0 Å². The van der Waals surface area contributed by atoms with Crippen LogP contribution in [0.25, 0.3) is 0 Å². The number of benzene rings is 1. The van der Waals surface area contributed by atoms with Gasteiger partial charge in [-0.05, 0) is 24.6 Å².